The molecule has 2 heterocycles. The summed E-state index contributed by atoms with van der Waals surface area (Å²) in [5, 5.41) is 0. The van der Waals surface area contributed by atoms with Gasteiger partial charge in [0.15, 0.2) is 0 Å². The standard InChI is InChI=1S/C12H18N2OS/c1-9(13)12-5-4-11(7-14-12)16-8-10-3-2-6-15-10/h4-5,7,9-10H,2-3,6,8,13H2,1H3. The summed E-state index contributed by atoms with van der Waals surface area (Å²) in [5.41, 5.74) is 6.69. The minimum atomic E-state index is 0.0113. The molecule has 4 heteroatoms. The Balaban J connectivity index is 1.84. The van der Waals surface area contributed by atoms with E-state index in [9.17, 15) is 0 Å². The predicted molar refractivity (Wildman–Crippen MR) is 66.5 cm³/mol. The van der Waals surface area contributed by atoms with Crippen LogP contribution >= 0.6 is 11.8 Å². The van der Waals surface area contributed by atoms with Crippen molar-refractivity contribution in [3.63, 3.8) is 0 Å². The van der Waals surface area contributed by atoms with Gasteiger partial charge in [-0.25, -0.2) is 0 Å². The van der Waals surface area contributed by atoms with E-state index in [0.29, 0.717) is 6.10 Å². The van der Waals surface area contributed by atoms with E-state index < -0.39 is 0 Å². The van der Waals surface area contributed by atoms with Gasteiger partial charge in [0, 0.05) is 29.5 Å². The molecule has 0 spiro atoms. The molecule has 0 amide bonds. The van der Waals surface area contributed by atoms with E-state index in [1.165, 1.54) is 17.7 Å². The van der Waals surface area contributed by atoms with E-state index in [1.54, 1.807) is 0 Å². The molecule has 1 fully saturated rings. The molecule has 2 atom stereocenters. The maximum atomic E-state index is 5.75. The zero-order chi connectivity index (χ0) is 11.4. The number of aromatic nitrogens is 1. The molecule has 1 aliphatic rings. The van der Waals surface area contributed by atoms with E-state index in [4.69, 9.17) is 10.5 Å². The number of nitrogens with two attached hydrogens (primary N) is 1. The summed E-state index contributed by atoms with van der Waals surface area (Å²) in [6, 6.07) is 4.10. The van der Waals surface area contributed by atoms with Crippen molar-refractivity contribution in [3.8, 4) is 0 Å². The molecule has 0 saturated carbocycles. The monoisotopic (exact) mass is 238 g/mol. The molecule has 1 aromatic rings. The van der Waals surface area contributed by atoms with Crippen molar-refractivity contribution in [3.05, 3.63) is 24.0 Å². The van der Waals surface area contributed by atoms with Crippen LogP contribution < -0.4 is 5.73 Å². The molecule has 0 aromatic carbocycles. The first kappa shape index (κ1) is 11.9. The Bertz CT molecular complexity index is 320. The summed E-state index contributed by atoms with van der Waals surface area (Å²) in [6.45, 7) is 2.87. The lowest BCUT2D eigenvalue weighted by Gasteiger charge is -2.09. The minimum Gasteiger partial charge on any atom is -0.377 e. The molecule has 0 bridgehead atoms. The third-order valence-corrected chi connectivity index (χ3v) is 3.80. The molecule has 2 rings (SSSR count). The second-order valence-corrected chi connectivity index (χ2v) is 5.25. The highest BCUT2D eigenvalue weighted by Gasteiger charge is 2.15. The van der Waals surface area contributed by atoms with Crippen molar-refractivity contribution >= 4 is 11.8 Å². The Kier molecular flexibility index (Phi) is 4.21. The van der Waals surface area contributed by atoms with Gasteiger partial charge in [0.2, 0.25) is 0 Å². The van der Waals surface area contributed by atoms with Gasteiger partial charge in [0.25, 0.3) is 0 Å². The molecule has 1 aromatic heterocycles. The van der Waals surface area contributed by atoms with E-state index in [1.807, 2.05) is 30.9 Å². The van der Waals surface area contributed by atoms with Crippen LogP contribution in [0.1, 0.15) is 31.5 Å². The van der Waals surface area contributed by atoms with Gasteiger partial charge in [-0.1, -0.05) is 0 Å². The lowest BCUT2D eigenvalue weighted by atomic mass is 10.2. The van der Waals surface area contributed by atoms with Crippen LogP contribution in [0.25, 0.3) is 0 Å². The fourth-order valence-corrected chi connectivity index (χ4v) is 2.64. The van der Waals surface area contributed by atoms with E-state index in [0.717, 1.165) is 18.1 Å². The van der Waals surface area contributed by atoms with Crippen molar-refractivity contribution < 1.29 is 4.74 Å². The highest BCUT2D eigenvalue weighted by atomic mass is 32.2. The van der Waals surface area contributed by atoms with Crippen molar-refractivity contribution in [2.45, 2.75) is 36.8 Å². The van der Waals surface area contributed by atoms with Gasteiger partial charge in [-0.3, -0.25) is 4.98 Å². The summed E-state index contributed by atoms with van der Waals surface area (Å²) in [6.07, 6.45) is 4.72. The molecule has 16 heavy (non-hydrogen) atoms. The van der Waals surface area contributed by atoms with Crippen molar-refractivity contribution in [1.29, 1.82) is 0 Å². The summed E-state index contributed by atoms with van der Waals surface area (Å²) in [5.74, 6) is 1.03. The number of pyridine rings is 1. The van der Waals surface area contributed by atoms with Crippen LogP contribution in [0, 0.1) is 0 Å². The van der Waals surface area contributed by atoms with Crippen molar-refractivity contribution in [1.82, 2.24) is 4.98 Å². The molecule has 2 N–H and O–H groups in total. The fraction of sp³-hybridized carbons (Fsp3) is 0.583. The predicted octanol–water partition coefficient (Wildman–Crippen LogP) is 2.37. The first-order valence-corrected chi connectivity index (χ1v) is 6.70. The Hall–Kier alpha value is -0.580. The molecule has 0 aliphatic carbocycles. The van der Waals surface area contributed by atoms with Gasteiger partial charge in [-0.15, -0.1) is 11.8 Å². The third-order valence-electron chi connectivity index (χ3n) is 2.69. The topological polar surface area (TPSA) is 48.1 Å². The van der Waals surface area contributed by atoms with Crippen molar-refractivity contribution in [2.75, 3.05) is 12.4 Å². The van der Waals surface area contributed by atoms with E-state index in [-0.39, 0.29) is 6.04 Å². The highest BCUT2D eigenvalue weighted by Crippen LogP contribution is 2.23. The third kappa shape index (κ3) is 3.20. The van der Waals surface area contributed by atoms with E-state index >= 15 is 0 Å². The maximum Gasteiger partial charge on any atom is 0.0669 e. The van der Waals surface area contributed by atoms with E-state index in [2.05, 4.69) is 11.1 Å². The largest absolute Gasteiger partial charge is 0.377 e. The van der Waals surface area contributed by atoms with Crippen LogP contribution in [-0.2, 0) is 4.74 Å². The number of rotatable bonds is 4. The zero-order valence-electron chi connectivity index (χ0n) is 9.56. The lowest BCUT2D eigenvalue weighted by Crippen LogP contribution is -2.08. The summed E-state index contributed by atoms with van der Waals surface area (Å²) in [7, 11) is 0. The Morgan fingerprint density at radius 1 is 1.62 bits per heavy atom. The van der Waals surface area contributed by atoms with Gasteiger partial charge in [0.1, 0.15) is 0 Å². The SMILES string of the molecule is CC(N)c1ccc(SCC2CCCO2)cn1. The number of nitrogens with zero attached hydrogens (tertiary/aromatic N) is 1. The average molecular weight is 238 g/mol. The Morgan fingerprint density at radius 3 is 3.06 bits per heavy atom. The molecule has 2 unspecified atom stereocenters. The van der Waals surface area contributed by atoms with Gasteiger partial charge in [0.05, 0.1) is 11.8 Å². The second-order valence-electron chi connectivity index (χ2n) is 4.15. The first-order chi connectivity index (χ1) is 7.75. The molecule has 1 saturated heterocycles. The second kappa shape index (κ2) is 5.66. The summed E-state index contributed by atoms with van der Waals surface area (Å²) in [4.78, 5) is 5.53. The molecular formula is C12H18N2OS. The molecular weight excluding hydrogens is 220 g/mol. The first-order valence-electron chi connectivity index (χ1n) is 5.71. The van der Waals surface area contributed by atoms with Crippen molar-refractivity contribution in [2.24, 2.45) is 5.73 Å². The highest BCUT2D eigenvalue weighted by molar-refractivity contribution is 7.99. The quantitative estimate of drug-likeness (QED) is 0.818. The Labute approximate surface area is 101 Å². The summed E-state index contributed by atoms with van der Waals surface area (Å²) < 4.78 is 5.58. The van der Waals surface area contributed by atoms with Gasteiger partial charge < -0.3 is 10.5 Å². The van der Waals surface area contributed by atoms with Crippen LogP contribution in [-0.4, -0.2) is 23.4 Å². The van der Waals surface area contributed by atoms with Gasteiger partial charge >= 0.3 is 0 Å². The number of hydrogen-bond donors (Lipinski definition) is 1. The van der Waals surface area contributed by atoms with Crippen LogP contribution in [0.2, 0.25) is 0 Å². The number of ether oxygens (including phenoxy) is 1. The van der Waals surface area contributed by atoms with Crippen LogP contribution in [0.4, 0.5) is 0 Å². The fourth-order valence-electron chi connectivity index (χ4n) is 1.71. The van der Waals surface area contributed by atoms with Crippen LogP contribution in [0.15, 0.2) is 23.2 Å². The maximum absolute atomic E-state index is 5.75. The molecule has 1 aliphatic heterocycles. The van der Waals surface area contributed by atoms with Gasteiger partial charge in [-0.05, 0) is 31.9 Å². The lowest BCUT2D eigenvalue weighted by molar-refractivity contribution is 0.129. The zero-order valence-corrected chi connectivity index (χ0v) is 10.4. The minimum absolute atomic E-state index is 0.0113. The number of hydrogen-bond acceptors (Lipinski definition) is 4. The average Bonchev–Trinajstić information content (AvgIpc) is 2.80. The molecule has 0 radical (unpaired) electrons. The summed E-state index contributed by atoms with van der Waals surface area (Å²) >= 11 is 1.81. The van der Waals surface area contributed by atoms with Crippen LogP contribution in [0.3, 0.4) is 0 Å². The van der Waals surface area contributed by atoms with Crippen LogP contribution in [0.5, 0.6) is 0 Å². The van der Waals surface area contributed by atoms with Gasteiger partial charge in [-0.2, -0.15) is 0 Å². The normalized spacial score (nSPS) is 22.2. The Morgan fingerprint density at radius 2 is 2.50 bits per heavy atom. The number of thioether (sulfide) groups is 1. The molecule has 88 valence electrons. The smallest absolute Gasteiger partial charge is 0.0669 e. The molecule has 3 nitrogen and oxygen atoms in total.